The first-order chi connectivity index (χ1) is 24.4. The van der Waals surface area contributed by atoms with Gasteiger partial charge < -0.3 is 24.2 Å². The molecule has 1 N–H and O–H groups in total. The molecule has 0 bridgehead atoms. The molecule has 0 aromatic heterocycles. The highest BCUT2D eigenvalue weighted by Gasteiger charge is 2.67. The number of aliphatic hydroxyl groups excluding tert-OH is 1. The minimum absolute atomic E-state index is 0.0621. The van der Waals surface area contributed by atoms with Gasteiger partial charge in [-0.05, 0) is 60.8 Å². The SMILES string of the molecule is COc1ccc([Si](C)(C)[C@H]2[C@H](CC(=O)N3CCC[C@H]3CO)O[C@@]3(C(=O)N(c4ccccc4)c4ccc(N5C(=O)CC5OC(C)=O)cc43)[C@@H]2C)cc1. The molecule has 3 fully saturated rings. The van der Waals surface area contributed by atoms with Crippen molar-refractivity contribution in [3.63, 3.8) is 0 Å². The maximum absolute atomic E-state index is 15.2. The van der Waals surface area contributed by atoms with Gasteiger partial charge in [0.2, 0.25) is 11.8 Å². The molecule has 51 heavy (non-hydrogen) atoms. The topological polar surface area (TPSA) is 126 Å². The van der Waals surface area contributed by atoms with Crippen LogP contribution in [0.1, 0.15) is 45.1 Å². The van der Waals surface area contributed by atoms with Crippen molar-refractivity contribution in [3.05, 3.63) is 78.4 Å². The average molecular weight is 712 g/mol. The number of aliphatic hydroxyl groups is 1. The number of ether oxygens (including phenoxy) is 3. The number of rotatable bonds is 9. The van der Waals surface area contributed by atoms with Crippen molar-refractivity contribution in [2.24, 2.45) is 5.92 Å². The standard InChI is InChI=1S/C39H45N3O8Si/c1-24-37(51(4,5)30-16-14-29(48-3)15-17-30)33(21-34(45)40-19-9-12-28(40)23-43)50-39(24)31-20-27(42-35(46)22-36(42)49-25(2)44)13-18-32(31)41(38(39)47)26-10-7-6-8-11-26/h6-8,10-11,13-18,20,24,28,33,36-37,43H,9,12,19,21-23H2,1-5H3/t24-,28+,33+,36?,37-,39+/m1/s1. The maximum Gasteiger partial charge on any atom is 0.304 e. The average Bonchev–Trinajstić information content (AvgIpc) is 3.78. The number of hydrogen-bond acceptors (Lipinski definition) is 8. The molecule has 4 aliphatic heterocycles. The quantitative estimate of drug-likeness (QED) is 0.194. The lowest BCUT2D eigenvalue weighted by Gasteiger charge is -2.39. The molecule has 6 atom stereocenters. The lowest BCUT2D eigenvalue weighted by atomic mass is 9.82. The van der Waals surface area contributed by atoms with Gasteiger partial charge in [0.25, 0.3) is 5.91 Å². The fourth-order valence-corrected chi connectivity index (χ4v) is 13.0. The predicted molar refractivity (Wildman–Crippen MR) is 194 cm³/mol. The number of hydrogen-bond donors (Lipinski definition) is 1. The third-order valence-electron chi connectivity index (χ3n) is 11.5. The summed E-state index contributed by atoms with van der Waals surface area (Å²) in [5, 5.41) is 11.2. The normalized spacial score (nSPS) is 27.2. The number of carbonyl (C=O) groups excluding carboxylic acids is 4. The molecule has 7 rings (SSSR count). The zero-order valence-electron chi connectivity index (χ0n) is 29.7. The largest absolute Gasteiger partial charge is 0.497 e. The second-order valence-electron chi connectivity index (χ2n) is 14.6. The molecule has 0 radical (unpaired) electrons. The molecule has 3 saturated heterocycles. The highest BCUT2D eigenvalue weighted by molar-refractivity contribution is 6.91. The summed E-state index contributed by atoms with van der Waals surface area (Å²) in [6, 6.07) is 22.6. The zero-order valence-corrected chi connectivity index (χ0v) is 30.7. The molecule has 3 aromatic rings. The lowest BCUT2D eigenvalue weighted by molar-refractivity contribution is -0.154. The van der Waals surface area contributed by atoms with Crippen LogP contribution in [0.15, 0.2) is 72.8 Å². The van der Waals surface area contributed by atoms with Gasteiger partial charge in [-0.25, -0.2) is 0 Å². The Labute approximate surface area is 299 Å². The lowest BCUT2D eigenvalue weighted by Crippen LogP contribution is -2.55. The molecule has 12 heteroatoms. The van der Waals surface area contributed by atoms with E-state index >= 15 is 4.79 Å². The monoisotopic (exact) mass is 711 g/mol. The first-order valence-corrected chi connectivity index (χ1v) is 20.8. The molecule has 0 saturated carbocycles. The van der Waals surface area contributed by atoms with Crippen LogP contribution in [0.2, 0.25) is 18.6 Å². The second kappa shape index (κ2) is 13.2. The van der Waals surface area contributed by atoms with Crippen LogP contribution in [0, 0.1) is 5.92 Å². The first-order valence-electron chi connectivity index (χ1n) is 17.7. The van der Waals surface area contributed by atoms with E-state index < -0.39 is 37.9 Å². The first kappa shape index (κ1) is 34.9. The van der Waals surface area contributed by atoms with E-state index in [4.69, 9.17) is 14.2 Å². The van der Waals surface area contributed by atoms with Crippen molar-refractivity contribution in [2.45, 2.75) is 82.1 Å². The Morgan fingerprint density at radius 1 is 1.02 bits per heavy atom. The Hall–Kier alpha value is -4.52. The van der Waals surface area contributed by atoms with Gasteiger partial charge in [0.05, 0.1) is 52.5 Å². The van der Waals surface area contributed by atoms with Crippen LogP contribution in [0.25, 0.3) is 0 Å². The van der Waals surface area contributed by atoms with E-state index in [9.17, 15) is 19.5 Å². The molecule has 1 spiro atoms. The number of likely N-dealkylation sites (tertiary alicyclic amines) is 1. The summed E-state index contributed by atoms with van der Waals surface area (Å²) >= 11 is 0. The molecule has 3 amide bonds. The number of anilines is 3. The van der Waals surface area contributed by atoms with Crippen LogP contribution in [0.5, 0.6) is 5.75 Å². The molecule has 11 nitrogen and oxygen atoms in total. The highest BCUT2D eigenvalue weighted by atomic mass is 28.3. The van der Waals surface area contributed by atoms with Crippen LogP contribution in [0.3, 0.4) is 0 Å². The minimum Gasteiger partial charge on any atom is -0.497 e. The molecule has 3 aromatic carbocycles. The number of nitrogens with zero attached hydrogens (tertiary/aromatic N) is 3. The number of carbonyl (C=O) groups is 4. The number of amides is 3. The third kappa shape index (κ3) is 5.64. The summed E-state index contributed by atoms with van der Waals surface area (Å²) in [5.74, 6) is -0.689. The van der Waals surface area contributed by atoms with E-state index in [0.717, 1.165) is 23.8 Å². The second-order valence-corrected chi connectivity index (χ2v) is 19.3. The number of benzene rings is 3. The van der Waals surface area contributed by atoms with Crippen molar-refractivity contribution in [1.29, 1.82) is 0 Å². The Morgan fingerprint density at radius 3 is 2.39 bits per heavy atom. The minimum atomic E-state index is -2.55. The fraction of sp³-hybridized carbons (Fsp3) is 0.436. The van der Waals surface area contributed by atoms with E-state index in [1.807, 2.05) is 54.6 Å². The summed E-state index contributed by atoms with van der Waals surface area (Å²) in [6.45, 7) is 8.36. The number of para-hydroxylation sites is 1. The Bertz CT molecular complexity index is 1850. The van der Waals surface area contributed by atoms with Crippen molar-refractivity contribution >= 4 is 54.0 Å². The number of esters is 1. The van der Waals surface area contributed by atoms with Gasteiger partial charge >= 0.3 is 5.97 Å². The Balaban J connectivity index is 1.37. The summed E-state index contributed by atoms with van der Waals surface area (Å²) in [6.07, 6.45) is 0.339. The molecule has 1 unspecified atom stereocenters. The van der Waals surface area contributed by atoms with E-state index in [2.05, 4.69) is 32.2 Å². The van der Waals surface area contributed by atoms with Crippen molar-refractivity contribution < 1.29 is 38.5 Å². The smallest absolute Gasteiger partial charge is 0.304 e. The van der Waals surface area contributed by atoms with Gasteiger partial charge in [-0.1, -0.05) is 55.5 Å². The molecule has 4 heterocycles. The van der Waals surface area contributed by atoms with Gasteiger partial charge in [-0.15, -0.1) is 0 Å². The Morgan fingerprint density at radius 2 is 1.75 bits per heavy atom. The van der Waals surface area contributed by atoms with E-state index in [1.54, 1.807) is 23.0 Å². The molecular weight excluding hydrogens is 667 g/mol. The van der Waals surface area contributed by atoms with Crippen molar-refractivity contribution in [3.8, 4) is 5.75 Å². The highest BCUT2D eigenvalue weighted by Crippen LogP contribution is 2.61. The number of methoxy groups -OCH3 is 1. The van der Waals surface area contributed by atoms with Crippen LogP contribution in [-0.2, 0) is 34.3 Å². The van der Waals surface area contributed by atoms with Crippen LogP contribution >= 0.6 is 0 Å². The van der Waals surface area contributed by atoms with Crippen LogP contribution in [0.4, 0.5) is 17.1 Å². The van der Waals surface area contributed by atoms with Gasteiger partial charge in [-0.2, -0.15) is 0 Å². The maximum atomic E-state index is 15.2. The summed E-state index contributed by atoms with van der Waals surface area (Å²) in [5.41, 5.74) is 0.734. The number of β-lactam (4-membered cyclic amide) rings is 1. The van der Waals surface area contributed by atoms with Gasteiger partial charge in [-0.3, -0.25) is 29.0 Å². The van der Waals surface area contributed by atoms with Crippen molar-refractivity contribution in [1.82, 2.24) is 4.90 Å². The fourth-order valence-electron chi connectivity index (χ4n) is 9.04. The summed E-state index contributed by atoms with van der Waals surface area (Å²) < 4.78 is 18.1. The number of fused-ring (bicyclic) bond motifs is 2. The molecular formula is C39H45N3O8Si. The summed E-state index contributed by atoms with van der Waals surface area (Å²) in [4.78, 5) is 59.0. The van der Waals surface area contributed by atoms with Gasteiger partial charge in [0.15, 0.2) is 11.8 Å². The van der Waals surface area contributed by atoms with Crippen LogP contribution in [-0.4, -0.2) is 80.4 Å². The van der Waals surface area contributed by atoms with E-state index in [1.165, 1.54) is 11.8 Å². The summed E-state index contributed by atoms with van der Waals surface area (Å²) in [7, 11) is -0.920. The van der Waals surface area contributed by atoms with E-state index in [-0.39, 0.29) is 48.8 Å². The zero-order chi connectivity index (χ0) is 36.2. The van der Waals surface area contributed by atoms with E-state index in [0.29, 0.717) is 29.2 Å². The molecule has 268 valence electrons. The van der Waals surface area contributed by atoms with Gasteiger partial charge in [0.1, 0.15) is 5.75 Å². The Kier molecular flexibility index (Phi) is 9.05. The third-order valence-corrected chi connectivity index (χ3v) is 15.9. The van der Waals surface area contributed by atoms with Crippen molar-refractivity contribution in [2.75, 3.05) is 30.1 Å². The molecule has 4 aliphatic rings. The van der Waals surface area contributed by atoms with Crippen LogP contribution < -0.4 is 19.7 Å². The molecule has 0 aliphatic carbocycles. The van der Waals surface area contributed by atoms with Gasteiger partial charge in [0, 0.05) is 36.3 Å². The predicted octanol–water partition coefficient (Wildman–Crippen LogP) is 4.59.